The molecule has 7 heteroatoms. The lowest BCUT2D eigenvalue weighted by molar-refractivity contribution is 0.101. The van der Waals surface area contributed by atoms with Crippen LogP contribution in [0.5, 0.6) is 17.2 Å². The number of aliphatic hydroxyl groups excluding tert-OH is 1. The maximum Gasteiger partial charge on any atom is 0.183 e. The molecule has 0 radical (unpaired) electrons. The number of hydrogen-bond acceptors (Lipinski definition) is 6. The molecule has 2 aromatic carbocycles. The molecule has 0 unspecified atom stereocenters. The van der Waals surface area contributed by atoms with E-state index in [2.05, 4.69) is 10.3 Å². The first-order chi connectivity index (χ1) is 13.5. The first-order valence-corrected chi connectivity index (χ1v) is 8.91. The average molecular weight is 384 g/mol. The molecule has 0 saturated heterocycles. The predicted octanol–water partition coefficient (Wildman–Crippen LogP) is 3.16. The fourth-order valence-electron chi connectivity index (χ4n) is 3.02. The van der Waals surface area contributed by atoms with Gasteiger partial charge in [0.25, 0.3) is 0 Å². The molecule has 0 aliphatic carbocycles. The van der Waals surface area contributed by atoms with Crippen molar-refractivity contribution in [1.82, 2.24) is 4.98 Å². The minimum absolute atomic E-state index is 0.0449. The van der Waals surface area contributed by atoms with E-state index in [1.165, 1.54) is 0 Å². The molecule has 0 atom stereocenters. The zero-order chi connectivity index (χ0) is 20.1. The molecule has 0 aliphatic heterocycles. The first kappa shape index (κ1) is 19.6. The van der Waals surface area contributed by atoms with Crippen LogP contribution < -0.4 is 19.5 Å². The van der Waals surface area contributed by atoms with Crippen LogP contribution in [0.2, 0.25) is 0 Å². The van der Waals surface area contributed by atoms with Crippen LogP contribution in [0.15, 0.2) is 36.5 Å². The lowest BCUT2D eigenvalue weighted by Gasteiger charge is -2.11. The third-order valence-corrected chi connectivity index (χ3v) is 4.43. The number of H-pyrrole nitrogens is 1. The summed E-state index contributed by atoms with van der Waals surface area (Å²) in [5, 5.41) is 12.9. The van der Waals surface area contributed by atoms with Crippen LogP contribution in [0.25, 0.3) is 10.9 Å². The Labute approximate surface area is 163 Å². The zero-order valence-corrected chi connectivity index (χ0v) is 16.2. The Morgan fingerprint density at radius 2 is 1.89 bits per heavy atom. The molecule has 3 aromatic rings. The summed E-state index contributed by atoms with van der Waals surface area (Å²) in [6, 6.07) is 9.10. The van der Waals surface area contributed by atoms with Crippen molar-refractivity contribution in [3.63, 3.8) is 0 Å². The monoisotopic (exact) mass is 384 g/mol. The average Bonchev–Trinajstić information content (AvgIpc) is 3.12. The number of carbonyl (C=O) groups is 1. The van der Waals surface area contributed by atoms with Gasteiger partial charge in [0.05, 0.1) is 27.4 Å². The number of nitrogens with one attached hydrogen (secondary N) is 2. The number of aliphatic hydroxyl groups is 1. The molecule has 0 bridgehead atoms. The van der Waals surface area contributed by atoms with Gasteiger partial charge in [0.2, 0.25) is 0 Å². The number of fused-ring (bicyclic) bond motifs is 1. The molecule has 1 aromatic heterocycles. The van der Waals surface area contributed by atoms with E-state index in [1.54, 1.807) is 38.6 Å². The van der Waals surface area contributed by atoms with Gasteiger partial charge < -0.3 is 29.6 Å². The number of aromatic nitrogens is 1. The SMILES string of the molecule is COc1cc(NCC(=O)c2c[nH]c3cc(OC)c(C)cc23)cc(OCCO)c1. The Morgan fingerprint density at radius 1 is 1.11 bits per heavy atom. The van der Waals surface area contributed by atoms with Crippen molar-refractivity contribution in [2.45, 2.75) is 6.92 Å². The van der Waals surface area contributed by atoms with Gasteiger partial charge in [-0.2, -0.15) is 0 Å². The van der Waals surface area contributed by atoms with Gasteiger partial charge in [-0.15, -0.1) is 0 Å². The number of ketones is 1. The van der Waals surface area contributed by atoms with Crippen LogP contribution in [0.1, 0.15) is 15.9 Å². The minimum Gasteiger partial charge on any atom is -0.497 e. The molecule has 7 nitrogen and oxygen atoms in total. The highest BCUT2D eigenvalue weighted by Crippen LogP contribution is 2.28. The van der Waals surface area contributed by atoms with E-state index in [9.17, 15) is 4.79 Å². The number of rotatable bonds is 9. The first-order valence-electron chi connectivity index (χ1n) is 8.91. The van der Waals surface area contributed by atoms with E-state index in [0.29, 0.717) is 22.7 Å². The van der Waals surface area contributed by atoms with Crippen molar-refractivity contribution >= 4 is 22.4 Å². The van der Waals surface area contributed by atoms with E-state index in [-0.39, 0.29) is 25.5 Å². The van der Waals surface area contributed by atoms with Crippen molar-refractivity contribution in [3.05, 3.63) is 47.7 Å². The molecule has 0 fully saturated rings. The van der Waals surface area contributed by atoms with E-state index in [4.69, 9.17) is 19.3 Å². The van der Waals surface area contributed by atoms with Crippen LogP contribution in [-0.4, -0.2) is 49.9 Å². The Morgan fingerprint density at radius 3 is 2.61 bits per heavy atom. The Bertz CT molecular complexity index is 980. The molecule has 0 amide bonds. The maximum atomic E-state index is 12.8. The van der Waals surface area contributed by atoms with Crippen LogP contribution in [-0.2, 0) is 0 Å². The minimum atomic E-state index is -0.0801. The molecule has 28 heavy (non-hydrogen) atoms. The molecule has 148 valence electrons. The number of carbonyl (C=O) groups excluding carboxylic acids is 1. The van der Waals surface area contributed by atoms with Crippen molar-refractivity contribution < 1.29 is 24.1 Å². The summed E-state index contributed by atoms with van der Waals surface area (Å²) in [5.41, 5.74) is 3.13. The Hall–Kier alpha value is -3.19. The number of benzene rings is 2. The van der Waals surface area contributed by atoms with Crippen molar-refractivity contribution in [1.29, 1.82) is 0 Å². The highest BCUT2D eigenvalue weighted by Gasteiger charge is 2.14. The standard InChI is InChI=1S/C21H24N2O5/c1-13-6-17-18(11-23-19(17)10-21(13)27-3)20(25)12-22-14-7-15(26-2)9-16(8-14)28-5-4-24/h6-11,22-24H,4-5,12H2,1-3H3. The molecule has 0 spiro atoms. The largest absolute Gasteiger partial charge is 0.497 e. The van der Waals surface area contributed by atoms with E-state index in [1.807, 2.05) is 19.1 Å². The van der Waals surface area contributed by atoms with Gasteiger partial charge in [0.15, 0.2) is 5.78 Å². The highest BCUT2D eigenvalue weighted by atomic mass is 16.5. The third kappa shape index (κ3) is 4.20. The summed E-state index contributed by atoms with van der Waals surface area (Å²) in [5.74, 6) is 1.88. The number of methoxy groups -OCH3 is 2. The molecule has 3 rings (SSSR count). The van der Waals surface area contributed by atoms with Gasteiger partial charge in [-0.3, -0.25) is 4.79 Å². The quantitative estimate of drug-likeness (QED) is 0.491. The van der Waals surface area contributed by atoms with Gasteiger partial charge >= 0.3 is 0 Å². The van der Waals surface area contributed by atoms with Gasteiger partial charge in [0.1, 0.15) is 23.9 Å². The Kier molecular flexibility index (Phi) is 6.06. The normalized spacial score (nSPS) is 10.7. The smallest absolute Gasteiger partial charge is 0.183 e. The molecular weight excluding hydrogens is 360 g/mol. The summed E-state index contributed by atoms with van der Waals surface area (Å²) in [6.07, 6.45) is 1.72. The van der Waals surface area contributed by atoms with Gasteiger partial charge in [-0.05, 0) is 18.6 Å². The second kappa shape index (κ2) is 8.67. The van der Waals surface area contributed by atoms with E-state index < -0.39 is 0 Å². The highest BCUT2D eigenvalue weighted by molar-refractivity contribution is 6.09. The van der Waals surface area contributed by atoms with E-state index in [0.717, 1.165) is 22.2 Å². The second-order valence-corrected chi connectivity index (χ2v) is 6.32. The maximum absolute atomic E-state index is 12.8. The van der Waals surface area contributed by atoms with Crippen LogP contribution >= 0.6 is 0 Å². The number of Topliss-reactive ketones (excluding diaryl/α,β-unsaturated/α-hetero) is 1. The molecule has 3 N–H and O–H groups in total. The van der Waals surface area contributed by atoms with Gasteiger partial charge in [0, 0.05) is 52.6 Å². The predicted molar refractivity (Wildman–Crippen MR) is 108 cm³/mol. The topological polar surface area (TPSA) is 92.8 Å². The fourth-order valence-corrected chi connectivity index (χ4v) is 3.02. The molecular formula is C21H24N2O5. The van der Waals surface area contributed by atoms with Crippen LogP contribution in [0, 0.1) is 6.92 Å². The summed E-state index contributed by atoms with van der Waals surface area (Å²) in [7, 11) is 3.18. The van der Waals surface area contributed by atoms with Gasteiger partial charge in [-0.1, -0.05) is 0 Å². The van der Waals surface area contributed by atoms with Crippen LogP contribution in [0.4, 0.5) is 5.69 Å². The lowest BCUT2D eigenvalue weighted by atomic mass is 10.1. The second-order valence-electron chi connectivity index (χ2n) is 6.32. The van der Waals surface area contributed by atoms with E-state index >= 15 is 0 Å². The zero-order valence-electron chi connectivity index (χ0n) is 16.2. The lowest BCUT2D eigenvalue weighted by Crippen LogP contribution is -2.14. The number of aromatic amines is 1. The summed E-state index contributed by atoms with van der Waals surface area (Å²) < 4.78 is 16.0. The summed E-state index contributed by atoms with van der Waals surface area (Å²) in [4.78, 5) is 15.9. The number of hydrogen-bond donors (Lipinski definition) is 3. The van der Waals surface area contributed by atoms with Crippen LogP contribution in [0.3, 0.4) is 0 Å². The number of anilines is 1. The molecule has 0 saturated carbocycles. The van der Waals surface area contributed by atoms with Crippen molar-refractivity contribution in [2.24, 2.45) is 0 Å². The summed E-state index contributed by atoms with van der Waals surface area (Å²) in [6.45, 7) is 2.17. The molecule has 0 aliphatic rings. The molecule has 1 heterocycles. The number of ether oxygens (including phenoxy) is 3. The third-order valence-electron chi connectivity index (χ3n) is 4.43. The Balaban J connectivity index is 1.77. The summed E-state index contributed by atoms with van der Waals surface area (Å²) >= 11 is 0. The van der Waals surface area contributed by atoms with Gasteiger partial charge in [-0.25, -0.2) is 0 Å². The van der Waals surface area contributed by atoms with Crippen molar-refractivity contribution in [3.8, 4) is 17.2 Å². The van der Waals surface area contributed by atoms with Crippen molar-refractivity contribution in [2.75, 3.05) is 39.3 Å². The fraction of sp³-hybridized carbons (Fsp3) is 0.286. The number of aryl methyl sites for hydroxylation is 1.